The van der Waals surface area contributed by atoms with Crippen LogP contribution in [-0.4, -0.2) is 16.6 Å². The molecule has 0 radical (unpaired) electrons. The summed E-state index contributed by atoms with van der Waals surface area (Å²) < 4.78 is 0. The van der Waals surface area contributed by atoms with E-state index in [4.69, 9.17) is 11.6 Å². The van der Waals surface area contributed by atoms with Crippen LogP contribution >= 0.6 is 11.6 Å². The molecule has 140 valence electrons. The smallest absolute Gasteiger partial charge is 0.269 e. The lowest BCUT2D eigenvalue weighted by Crippen LogP contribution is -2.17. The summed E-state index contributed by atoms with van der Waals surface area (Å²) in [4.78, 5) is 35.4. The fourth-order valence-corrected chi connectivity index (χ4v) is 2.85. The van der Waals surface area contributed by atoms with Crippen molar-refractivity contribution in [2.75, 3.05) is 5.32 Å². The predicted octanol–water partition coefficient (Wildman–Crippen LogP) is 4.66. The van der Waals surface area contributed by atoms with Gasteiger partial charge in [0.1, 0.15) is 0 Å². The molecule has 28 heavy (non-hydrogen) atoms. The second-order valence-electron chi connectivity index (χ2n) is 6.03. The van der Waals surface area contributed by atoms with E-state index in [0.717, 1.165) is 0 Å². The van der Waals surface area contributed by atoms with Crippen molar-refractivity contribution in [1.29, 1.82) is 0 Å². The van der Waals surface area contributed by atoms with Gasteiger partial charge in [0.25, 0.3) is 5.69 Å². The first-order valence-electron chi connectivity index (χ1n) is 8.36. The van der Waals surface area contributed by atoms with Gasteiger partial charge in [0.05, 0.1) is 17.0 Å². The summed E-state index contributed by atoms with van der Waals surface area (Å²) in [7, 11) is 0. The molecule has 0 aromatic heterocycles. The van der Waals surface area contributed by atoms with Crippen molar-refractivity contribution in [3.8, 4) is 0 Å². The summed E-state index contributed by atoms with van der Waals surface area (Å²) in [5.41, 5.74) is 1.70. The lowest BCUT2D eigenvalue weighted by molar-refractivity contribution is -0.384. The largest absolute Gasteiger partial charge is 0.325 e. The summed E-state index contributed by atoms with van der Waals surface area (Å²) in [6.07, 6.45) is 0.0135. The SMILES string of the molecule is O=C(Cc1ccc([N+](=O)[O-])cc1)Nc1ccc(Cl)cc1C(=O)c1ccccc1. The van der Waals surface area contributed by atoms with Gasteiger partial charge in [-0.05, 0) is 23.8 Å². The quantitative estimate of drug-likeness (QED) is 0.374. The van der Waals surface area contributed by atoms with Crippen LogP contribution in [0.1, 0.15) is 21.5 Å². The third-order valence-electron chi connectivity index (χ3n) is 4.05. The van der Waals surface area contributed by atoms with Gasteiger partial charge in [-0.2, -0.15) is 0 Å². The molecule has 6 nitrogen and oxygen atoms in total. The van der Waals surface area contributed by atoms with Gasteiger partial charge in [0.2, 0.25) is 5.91 Å². The first-order valence-corrected chi connectivity index (χ1v) is 8.74. The minimum Gasteiger partial charge on any atom is -0.325 e. The summed E-state index contributed by atoms with van der Waals surface area (Å²) in [6.45, 7) is 0. The van der Waals surface area contributed by atoms with E-state index < -0.39 is 4.92 Å². The van der Waals surface area contributed by atoms with E-state index in [0.29, 0.717) is 21.8 Å². The number of anilines is 1. The van der Waals surface area contributed by atoms with E-state index in [-0.39, 0.29) is 29.4 Å². The van der Waals surface area contributed by atoms with Crippen LogP contribution in [0.25, 0.3) is 0 Å². The first kappa shape index (κ1) is 19.3. The highest BCUT2D eigenvalue weighted by Gasteiger charge is 2.16. The highest BCUT2D eigenvalue weighted by Crippen LogP contribution is 2.24. The molecule has 3 aromatic carbocycles. The zero-order chi connectivity index (χ0) is 20.1. The van der Waals surface area contributed by atoms with Gasteiger partial charge in [0.15, 0.2) is 5.78 Å². The van der Waals surface area contributed by atoms with Gasteiger partial charge in [-0.3, -0.25) is 19.7 Å². The molecule has 0 aliphatic heterocycles. The van der Waals surface area contributed by atoms with Gasteiger partial charge in [-0.15, -0.1) is 0 Å². The number of halogens is 1. The number of nitro benzene ring substituents is 1. The van der Waals surface area contributed by atoms with Crippen LogP contribution in [0.5, 0.6) is 0 Å². The molecule has 0 atom stereocenters. The van der Waals surface area contributed by atoms with Gasteiger partial charge in [-0.1, -0.05) is 54.1 Å². The van der Waals surface area contributed by atoms with E-state index in [1.165, 1.54) is 30.3 Å². The molecule has 0 saturated carbocycles. The Kier molecular flexibility index (Phi) is 5.81. The lowest BCUT2D eigenvalue weighted by atomic mass is 10.0. The van der Waals surface area contributed by atoms with Crippen molar-refractivity contribution >= 4 is 34.7 Å². The molecule has 0 aliphatic rings. The number of hydrogen-bond donors (Lipinski definition) is 1. The maximum atomic E-state index is 12.8. The summed E-state index contributed by atoms with van der Waals surface area (Å²) >= 11 is 6.04. The number of nitrogens with one attached hydrogen (secondary N) is 1. The highest BCUT2D eigenvalue weighted by atomic mass is 35.5. The average Bonchev–Trinajstić information content (AvgIpc) is 2.70. The fourth-order valence-electron chi connectivity index (χ4n) is 2.67. The minimum absolute atomic E-state index is 0.0135. The number of nitrogens with zero attached hydrogens (tertiary/aromatic N) is 1. The van der Waals surface area contributed by atoms with Gasteiger partial charge in [-0.25, -0.2) is 0 Å². The number of hydrogen-bond acceptors (Lipinski definition) is 4. The molecular formula is C21H15ClN2O4. The second kappa shape index (κ2) is 8.45. The van der Waals surface area contributed by atoms with Crippen molar-refractivity contribution in [3.63, 3.8) is 0 Å². The summed E-state index contributed by atoms with van der Waals surface area (Å²) in [6, 6.07) is 19.1. The Labute approximate surface area is 165 Å². The Morgan fingerprint density at radius 2 is 1.64 bits per heavy atom. The van der Waals surface area contributed by atoms with E-state index in [9.17, 15) is 19.7 Å². The molecule has 7 heteroatoms. The van der Waals surface area contributed by atoms with Crippen molar-refractivity contribution in [2.24, 2.45) is 0 Å². The second-order valence-corrected chi connectivity index (χ2v) is 6.47. The normalized spacial score (nSPS) is 10.3. The summed E-state index contributed by atoms with van der Waals surface area (Å²) in [5, 5.41) is 13.8. The van der Waals surface area contributed by atoms with Crippen molar-refractivity contribution in [1.82, 2.24) is 0 Å². The van der Waals surface area contributed by atoms with Crippen LogP contribution in [0, 0.1) is 10.1 Å². The van der Waals surface area contributed by atoms with E-state index in [1.807, 2.05) is 6.07 Å². The number of carbonyl (C=O) groups is 2. The predicted molar refractivity (Wildman–Crippen MR) is 107 cm³/mol. The molecule has 0 unspecified atom stereocenters. The molecule has 0 saturated heterocycles. The Morgan fingerprint density at radius 3 is 2.29 bits per heavy atom. The molecule has 0 aliphatic carbocycles. The number of amides is 1. The van der Waals surface area contributed by atoms with Crippen LogP contribution < -0.4 is 5.32 Å². The van der Waals surface area contributed by atoms with Crippen LogP contribution in [0.3, 0.4) is 0 Å². The standard InChI is InChI=1S/C21H15ClN2O4/c22-16-8-11-19(18(13-16)21(26)15-4-2-1-3-5-15)23-20(25)12-14-6-9-17(10-7-14)24(27)28/h1-11,13H,12H2,(H,23,25). The van der Waals surface area contributed by atoms with E-state index >= 15 is 0 Å². The molecule has 0 fully saturated rings. The number of benzene rings is 3. The third kappa shape index (κ3) is 4.61. The lowest BCUT2D eigenvalue weighted by Gasteiger charge is -2.11. The molecule has 0 bridgehead atoms. The third-order valence-corrected chi connectivity index (χ3v) is 4.28. The Hall–Kier alpha value is -3.51. The maximum absolute atomic E-state index is 12.8. The number of nitro groups is 1. The van der Waals surface area contributed by atoms with Gasteiger partial charge in [0, 0.05) is 28.3 Å². The number of carbonyl (C=O) groups excluding carboxylic acids is 2. The Balaban J connectivity index is 1.79. The van der Waals surface area contributed by atoms with Gasteiger partial charge >= 0.3 is 0 Å². The summed E-state index contributed by atoms with van der Waals surface area (Å²) in [5.74, 6) is -0.605. The van der Waals surface area contributed by atoms with Crippen LogP contribution in [-0.2, 0) is 11.2 Å². The topological polar surface area (TPSA) is 89.3 Å². The average molecular weight is 395 g/mol. The monoisotopic (exact) mass is 394 g/mol. The Morgan fingerprint density at radius 1 is 0.964 bits per heavy atom. The zero-order valence-corrected chi connectivity index (χ0v) is 15.3. The molecule has 3 aromatic rings. The first-order chi connectivity index (χ1) is 13.4. The molecule has 0 spiro atoms. The molecule has 1 amide bonds. The maximum Gasteiger partial charge on any atom is 0.269 e. The molecule has 0 heterocycles. The van der Waals surface area contributed by atoms with Crippen molar-refractivity contribution in [3.05, 3.63) is 105 Å². The van der Waals surface area contributed by atoms with E-state index in [2.05, 4.69) is 5.32 Å². The zero-order valence-electron chi connectivity index (χ0n) is 14.6. The Bertz CT molecular complexity index is 1030. The highest BCUT2D eigenvalue weighted by molar-refractivity contribution is 6.31. The van der Waals surface area contributed by atoms with Gasteiger partial charge < -0.3 is 5.32 Å². The number of rotatable bonds is 6. The molecule has 3 rings (SSSR count). The van der Waals surface area contributed by atoms with Crippen LogP contribution in [0.2, 0.25) is 5.02 Å². The van der Waals surface area contributed by atoms with E-state index in [1.54, 1.807) is 36.4 Å². The minimum atomic E-state index is -0.501. The number of non-ortho nitro benzene ring substituents is 1. The van der Waals surface area contributed by atoms with Crippen molar-refractivity contribution < 1.29 is 14.5 Å². The van der Waals surface area contributed by atoms with Crippen molar-refractivity contribution in [2.45, 2.75) is 6.42 Å². The molecular weight excluding hydrogens is 380 g/mol. The van der Waals surface area contributed by atoms with Crippen LogP contribution in [0.15, 0.2) is 72.8 Å². The number of ketones is 1. The fraction of sp³-hybridized carbons (Fsp3) is 0.0476. The molecule has 1 N–H and O–H groups in total. The van der Waals surface area contributed by atoms with Crippen LogP contribution in [0.4, 0.5) is 11.4 Å².